The number of aromatic nitrogens is 1. The Morgan fingerprint density at radius 3 is 2.88 bits per heavy atom. The van der Waals surface area contributed by atoms with E-state index < -0.39 is 5.82 Å². The first kappa shape index (κ1) is 12.9. The van der Waals surface area contributed by atoms with E-state index >= 15 is 0 Å². The minimum Gasteiger partial charge on any atom is -0.392 e. The Hall–Kier alpha value is -1.20. The molecule has 0 aliphatic rings. The second-order valence-electron chi connectivity index (χ2n) is 3.68. The quantitative estimate of drug-likeness (QED) is 0.822. The summed E-state index contributed by atoms with van der Waals surface area (Å²) in [7, 11) is 3.34. The highest BCUT2D eigenvalue weighted by Crippen LogP contribution is 2.20. The summed E-state index contributed by atoms with van der Waals surface area (Å²) in [5.74, 6) is -0.244. The van der Waals surface area contributed by atoms with Crippen molar-refractivity contribution in [1.82, 2.24) is 4.98 Å². The second-order valence-corrected chi connectivity index (χ2v) is 3.68. The van der Waals surface area contributed by atoms with Crippen molar-refractivity contribution in [3.63, 3.8) is 0 Å². The highest BCUT2D eigenvalue weighted by Gasteiger charge is 2.17. The summed E-state index contributed by atoms with van der Waals surface area (Å²) < 4.78 is 18.8. The van der Waals surface area contributed by atoms with Crippen molar-refractivity contribution >= 4 is 5.82 Å². The van der Waals surface area contributed by atoms with Crippen LogP contribution in [0.5, 0.6) is 0 Å². The van der Waals surface area contributed by atoms with Crippen LogP contribution in [0.3, 0.4) is 0 Å². The smallest absolute Gasteiger partial charge is 0.171 e. The van der Waals surface area contributed by atoms with Crippen LogP contribution in [0.25, 0.3) is 0 Å². The zero-order valence-electron chi connectivity index (χ0n) is 9.77. The van der Waals surface area contributed by atoms with Crippen molar-refractivity contribution in [3.8, 4) is 0 Å². The van der Waals surface area contributed by atoms with E-state index in [1.54, 1.807) is 19.1 Å². The van der Waals surface area contributed by atoms with Crippen LogP contribution in [0.1, 0.15) is 12.5 Å². The monoisotopic (exact) mass is 228 g/mol. The summed E-state index contributed by atoms with van der Waals surface area (Å²) in [6.45, 7) is 2.07. The van der Waals surface area contributed by atoms with Gasteiger partial charge < -0.3 is 14.7 Å². The van der Waals surface area contributed by atoms with Gasteiger partial charge in [-0.25, -0.2) is 9.37 Å². The lowest BCUT2D eigenvalue weighted by atomic mass is 10.2. The summed E-state index contributed by atoms with van der Waals surface area (Å²) in [5, 5.41) is 8.96. The summed E-state index contributed by atoms with van der Waals surface area (Å²) in [6, 6.07) is 1.48. The molecule has 1 unspecified atom stereocenters. The number of aliphatic hydroxyl groups is 1. The van der Waals surface area contributed by atoms with Crippen LogP contribution < -0.4 is 4.90 Å². The number of ether oxygens (including phenoxy) is 1. The summed E-state index contributed by atoms with van der Waals surface area (Å²) >= 11 is 0. The maximum absolute atomic E-state index is 13.8. The minimum absolute atomic E-state index is 0.0148. The topological polar surface area (TPSA) is 45.6 Å². The molecular weight excluding hydrogens is 211 g/mol. The number of nitrogens with zero attached hydrogens (tertiary/aromatic N) is 2. The molecule has 1 atom stereocenters. The van der Waals surface area contributed by atoms with Gasteiger partial charge in [-0.2, -0.15) is 0 Å². The Labute approximate surface area is 94.7 Å². The van der Waals surface area contributed by atoms with E-state index in [9.17, 15) is 4.39 Å². The van der Waals surface area contributed by atoms with Crippen LogP contribution in [-0.2, 0) is 11.3 Å². The Kier molecular flexibility index (Phi) is 4.64. The molecule has 0 amide bonds. The van der Waals surface area contributed by atoms with Crippen LogP contribution in [0, 0.1) is 5.82 Å². The van der Waals surface area contributed by atoms with E-state index in [4.69, 9.17) is 9.84 Å². The molecule has 0 fully saturated rings. The first-order chi connectivity index (χ1) is 7.61. The van der Waals surface area contributed by atoms with Gasteiger partial charge in [-0.05, 0) is 13.0 Å². The van der Waals surface area contributed by atoms with E-state index in [0.717, 1.165) is 0 Å². The van der Waals surface area contributed by atoms with Gasteiger partial charge in [0.2, 0.25) is 0 Å². The normalized spacial score (nSPS) is 12.6. The maximum atomic E-state index is 13.8. The summed E-state index contributed by atoms with van der Waals surface area (Å²) in [6.07, 6.45) is 1.49. The summed E-state index contributed by atoms with van der Waals surface area (Å²) in [4.78, 5) is 5.67. The second kappa shape index (κ2) is 5.77. The molecule has 1 aromatic rings. The molecule has 0 spiro atoms. The average molecular weight is 228 g/mol. The highest BCUT2D eigenvalue weighted by molar-refractivity contribution is 5.43. The van der Waals surface area contributed by atoms with E-state index in [0.29, 0.717) is 6.61 Å². The van der Waals surface area contributed by atoms with Crippen LogP contribution in [0.2, 0.25) is 0 Å². The van der Waals surface area contributed by atoms with E-state index in [-0.39, 0.29) is 24.0 Å². The number of methoxy groups -OCH3 is 1. The standard InChI is InChI=1S/C11H17FN2O2/c1-8(7-16-3)14(2)11-10(12)9(6-15)4-5-13-11/h4-5,8,15H,6-7H2,1-3H3. The Bertz CT molecular complexity index is 347. The van der Waals surface area contributed by atoms with Crippen molar-refractivity contribution in [2.75, 3.05) is 25.7 Å². The zero-order valence-corrected chi connectivity index (χ0v) is 9.77. The first-order valence-electron chi connectivity index (χ1n) is 5.07. The molecule has 0 aliphatic heterocycles. The van der Waals surface area contributed by atoms with Gasteiger partial charge in [-0.1, -0.05) is 0 Å². The molecule has 0 radical (unpaired) electrons. The molecule has 0 bridgehead atoms. The molecule has 1 heterocycles. The number of likely N-dealkylation sites (N-methyl/N-ethyl adjacent to an activating group) is 1. The molecule has 5 heteroatoms. The predicted octanol–water partition coefficient (Wildman–Crippen LogP) is 1.18. The lowest BCUT2D eigenvalue weighted by Gasteiger charge is -2.26. The van der Waals surface area contributed by atoms with Crippen molar-refractivity contribution in [2.45, 2.75) is 19.6 Å². The van der Waals surface area contributed by atoms with Crippen LogP contribution in [0.4, 0.5) is 10.2 Å². The van der Waals surface area contributed by atoms with E-state index in [1.165, 1.54) is 12.3 Å². The largest absolute Gasteiger partial charge is 0.392 e. The van der Waals surface area contributed by atoms with Crippen molar-refractivity contribution < 1.29 is 14.2 Å². The third kappa shape index (κ3) is 2.68. The molecule has 0 saturated carbocycles. The number of hydrogen-bond donors (Lipinski definition) is 1. The molecule has 4 nitrogen and oxygen atoms in total. The molecule has 16 heavy (non-hydrogen) atoms. The molecule has 1 aromatic heterocycles. The van der Waals surface area contributed by atoms with Gasteiger partial charge in [-0.3, -0.25) is 0 Å². The minimum atomic E-state index is -0.476. The fourth-order valence-electron chi connectivity index (χ4n) is 1.40. The Morgan fingerprint density at radius 1 is 1.62 bits per heavy atom. The number of aliphatic hydroxyl groups excluding tert-OH is 1. The van der Waals surface area contributed by atoms with E-state index in [2.05, 4.69) is 4.98 Å². The number of hydrogen-bond acceptors (Lipinski definition) is 4. The SMILES string of the molecule is COCC(C)N(C)c1nccc(CO)c1F. The highest BCUT2D eigenvalue weighted by atomic mass is 19.1. The van der Waals surface area contributed by atoms with Gasteiger partial charge in [0, 0.05) is 25.9 Å². The van der Waals surface area contributed by atoms with Crippen molar-refractivity contribution in [3.05, 3.63) is 23.6 Å². The van der Waals surface area contributed by atoms with E-state index in [1.807, 2.05) is 6.92 Å². The molecule has 0 aromatic carbocycles. The number of pyridine rings is 1. The Morgan fingerprint density at radius 2 is 2.31 bits per heavy atom. The fourth-order valence-corrected chi connectivity index (χ4v) is 1.40. The van der Waals surface area contributed by atoms with Gasteiger partial charge in [0.25, 0.3) is 0 Å². The molecular formula is C11H17FN2O2. The van der Waals surface area contributed by atoms with Crippen LogP contribution >= 0.6 is 0 Å². The summed E-state index contributed by atoms with van der Waals surface area (Å²) in [5.41, 5.74) is 0.251. The number of rotatable bonds is 5. The number of anilines is 1. The van der Waals surface area contributed by atoms with Crippen molar-refractivity contribution in [2.24, 2.45) is 0 Å². The third-order valence-electron chi connectivity index (χ3n) is 2.52. The molecule has 0 saturated heterocycles. The van der Waals surface area contributed by atoms with Gasteiger partial charge in [0.05, 0.1) is 19.3 Å². The first-order valence-corrected chi connectivity index (χ1v) is 5.07. The lowest BCUT2D eigenvalue weighted by Crippen LogP contribution is -2.34. The lowest BCUT2D eigenvalue weighted by molar-refractivity contribution is 0.183. The van der Waals surface area contributed by atoms with Crippen LogP contribution in [-0.4, -0.2) is 36.9 Å². The zero-order chi connectivity index (χ0) is 12.1. The van der Waals surface area contributed by atoms with Gasteiger partial charge >= 0.3 is 0 Å². The van der Waals surface area contributed by atoms with Gasteiger partial charge in [0.1, 0.15) is 0 Å². The van der Waals surface area contributed by atoms with Crippen molar-refractivity contribution in [1.29, 1.82) is 0 Å². The third-order valence-corrected chi connectivity index (χ3v) is 2.52. The van der Waals surface area contributed by atoms with Gasteiger partial charge in [0.15, 0.2) is 11.6 Å². The van der Waals surface area contributed by atoms with Gasteiger partial charge in [-0.15, -0.1) is 0 Å². The molecule has 1 N–H and O–H groups in total. The molecule has 1 rings (SSSR count). The Balaban J connectivity index is 2.94. The maximum Gasteiger partial charge on any atom is 0.171 e. The average Bonchev–Trinajstić information content (AvgIpc) is 2.29. The molecule has 90 valence electrons. The predicted molar refractivity (Wildman–Crippen MR) is 59.9 cm³/mol. The fraction of sp³-hybridized carbons (Fsp3) is 0.545. The number of halogens is 1. The van der Waals surface area contributed by atoms with Crippen LogP contribution in [0.15, 0.2) is 12.3 Å². The molecule has 0 aliphatic carbocycles.